The number of hydrogen-bond donors (Lipinski definition) is 2. The van der Waals surface area contributed by atoms with E-state index in [-0.39, 0.29) is 55.8 Å². The highest BCUT2D eigenvalue weighted by Crippen LogP contribution is 2.46. The van der Waals surface area contributed by atoms with Crippen molar-refractivity contribution in [2.75, 3.05) is 20.1 Å². The number of rotatable bonds is 17. The molecule has 3 fully saturated rings. The fraction of sp³-hybridized carbons (Fsp3) is 0.780. The summed E-state index contributed by atoms with van der Waals surface area (Å²) in [6.07, 6.45) is 14.6. The van der Waals surface area contributed by atoms with Gasteiger partial charge < -0.3 is 15.5 Å². The highest BCUT2D eigenvalue weighted by Gasteiger charge is 2.53. The highest BCUT2D eigenvalue weighted by atomic mass is 32.2. The van der Waals surface area contributed by atoms with Gasteiger partial charge in [0.15, 0.2) is 11.6 Å². The number of likely N-dealkylation sites (tertiary alicyclic amines) is 1. The van der Waals surface area contributed by atoms with E-state index < -0.39 is 67.2 Å². The van der Waals surface area contributed by atoms with Crippen molar-refractivity contribution in [3.8, 4) is 12.3 Å². The number of fused-ring (bicyclic) bond motifs is 1. The van der Waals surface area contributed by atoms with Gasteiger partial charge >= 0.3 is 6.03 Å². The van der Waals surface area contributed by atoms with Crippen molar-refractivity contribution in [3.63, 3.8) is 0 Å². The lowest BCUT2D eigenvalue weighted by Crippen LogP contribution is -2.62. The molecule has 12 heteroatoms. The number of Topliss-reactive ketones (excluding diaryl/α,β-unsaturated/α-hetero) is 3. The molecule has 2 N–H and O–H groups in total. The van der Waals surface area contributed by atoms with Gasteiger partial charge in [-0.2, -0.15) is 0 Å². The molecule has 0 spiro atoms. The molecule has 0 radical (unpaired) electrons. The Morgan fingerprint density at radius 2 is 1.66 bits per heavy atom. The number of allylic oxidation sites excluding steroid dienone is 1. The minimum Gasteiger partial charge on any atom is -0.334 e. The van der Waals surface area contributed by atoms with E-state index in [9.17, 15) is 32.4 Å². The van der Waals surface area contributed by atoms with Crippen molar-refractivity contribution in [3.05, 3.63) is 12.7 Å². The average Bonchev–Trinajstić information content (AvgIpc) is 3.68. The number of carbonyl (C=O) groups excluding carboxylic acids is 5. The van der Waals surface area contributed by atoms with Crippen molar-refractivity contribution < 1.29 is 32.4 Å². The second kappa shape index (κ2) is 18.1. The zero-order valence-corrected chi connectivity index (χ0v) is 34.4. The predicted molar refractivity (Wildman–Crippen MR) is 208 cm³/mol. The zero-order chi connectivity index (χ0) is 39.9. The number of nitrogens with one attached hydrogen (secondary N) is 2. The molecular formula is C41H66N4O7S. The number of amides is 3. The number of sulfonamides is 1. The van der Waals surface area contributed by atoms with Crippen molar-refractivity contribution >= 4 is 39.3 Å². The monoisotopic (exact) mass is 758 g/mol. The molecule has 2 aliphatic carbocycles. The van der Waals surface area contributed by atoms with Crippen LogP contribution in [0, 0.1) is 40.9 Å². The van der Waals surface area contributed by atoms with Crippen LogP contribution in [0.5, 0.6) is 0 Å². The Morgan fingerprint density at radius 1 is 1.02 bits per heavy atom. The number of carbonyl (C=O) groups is 5. The third kappa shape index (κ3) is 10.8. The molecule has 2 saturated carbocycles. The van der Waals surface area contributed by atoms with E-state index in [1.807, 2.05) is 27.7 Å². The first kappa shape index (κ1) is 44.4. The van der Waals surface area contributed by atoms with Gasteiger partial charge in [0.2, 0.25) is 21.7 Å². The summed E-state index contributed by atoms with van der Waals surface area (Å²) >= 11 is 0. The zero-order valence-electron chi connectivity index (χ0n) is 33.6. The van der Waals surface area contributed by atoms with Gasteiger partial charge in [-0.1, -0.05) is 59.5 Å². The van der Waals surface area contributed by atoms with E-state index in [1.54, 1.807) is 31.7 Å². The van der Waals surface area contributed by atoms with Crippen LogP contribution in [0.3, 0.4) is 0 Å². The Hall–Kier alpha value is -3.04. The minimum absolute atomic E-state index is 0.0224. The van der Waals surface area contributed by atoms with Crippen molar-refractivity contribution in [2.45, 2.75) is 155 Å². The highest BCUT2D eigenvalue weighted by molar-refractivity contribution is 7.90. The first-order valence-corrected chi connectivity index (χ1v) is 21.0. The molecule has 1 saturated heterocycles. The second-order valence-electron chi connectivity index (χ2n) is 18.1. The molecule has 298 valence electrons. The molecule has 1 aliphatic heterocycles. The third-order valence-electron chi connectivity index (χ3n) is 12.0. The van der Waals surface area contributed by atoms with E-state index in [4.69, 9.17) is 6.42 Å². The maximum atomic E-state index is 14.9. The number of terminal acetylenes is 1. The van der Waals surface area contributed by atoms with Crippen LogP contribution in [0.15, 0.2) is 12.7 Å². The minimum atomic E-state index is -3.68. The largest absolute Gasteiger partial charge is 0.334 e. The van der Waals surface area contributed by atoms with Crippen molar-refractivity contribution in [1.29, 1.82) is 0 Å². The lowest BCUT2D eigenvalue weighted by Gasteiger charge is -2.43. The lowest BCUT2D eigenvalue weighted by molar-refractivity contribution is -0.144. The number of hydrogen-bond acceptors (Lipinski definition) is 7. The molecule has 3 aliphatic rings. The van der Waals surface area contributed by atoms with Gasteiger partial charge in [0.1, 0.15) is 6.04 Å². The molecule has 6 atom stereocenters. The summed E-state index contributed by atoms with van der Waals surface area (Å²) in [6, 6.07) is -2.87. The molecule has 0 aromatic heterocycles. The lowest BCUT2D eigenvalue weighted by atomic mass is 9.70. The molecule has 0 aromatic rings. The fourth-order valence-electron chi connectivity index (χ4n) is 8.51. The summed E-state index contributed by atoms with van der Waals surface area (Å²) in [5, 5.41) is 6.06. The van der Waals surface area contributed by atoms with Gasteiger partial charge in [0.25, 0.3) is 0 Å². The Bertz CT molecular complexity index is 1510. The summed E-state index contributed by atoms with van der Waals surface area (Å²) in [6.45, 7) is 16.8. The van der Waals surface area contributed by atoms with Crippen LogP contribution >= 0.6 is 0 Å². The van der Waals surface area contributed by atoms with Crippen molar-refractivity contribution in [1.82, 2.24) is 19.8 Å². The first-order chi connectivity index (χ1) is 24.6. The molecule has 0 bridgehead atoms. The van der Waals surface area contributed by atoms with Gasteiger partial charge in [-0.05, 0) is 82.0 Å². The molecule has 11 nitrogen and oxygen atoms in total. The number of urea groups is 1. The Balaban J connectivity index is 1.93. The molecule has 1 heterocycles. The molecule has 1 unspecified atom stereocenters. The van der Waals surface area contributed by atoms with Gasteiger partial charge in [-0.15, -0.1) is 18.9 Å². The maximum absolute atomic E-state index is 14.9. The van der Waals surface area contributed by atoms with Gasteiger partial charge in [0.05, 0.1) is 10.8 Å². The fourth-order valence-corrected chi connectivity index (χ4v) is 9.79. The van der Waals surface area contributed by atoms with Crippen LogP contribution < -0.4 is 10.6 Å². The average molecular weight is 759 g/mol. The number of likely N-dealkylation sites (N-methyl/N-ethyl adjacent to an activating group) is 1. The third-order valence-corrected chi connectivity index (χ3v) is 14.5. The van der Waals surface area contributed by atoms with Gasteiger partial charge in [-0.3, -0.25) is 19.2 Å². The first-order valence-electron chi connectivity index (χ1n) is 19.6. The molecule has 3 amide bonds. The van der Waals surface area contributed by atoms with Crippen LogP contribution in [0.4, 0.5) is 4.79 Å². The number of ketones is 3. The smallest absolute Gasteiger partial charge is 0.315 e. The SMILES string of the molecule is C#CCCC(CC(=O)[C@@H]1[C@H]2CCC[C@H]2CN1C(=O)[C@@H](NC(=O)N[C@H](CN(C)S(=O)(=O)C(C)(C)C)C(C)(C)C)C1(C)CCCCC1)C(=O)C(=O)CCC=C. The molecule has 53 heavy (non-hydrogen) atoms. The van der Waals surface area contributed by atoms with Crippen LogP contribution in [-0.4, -0.2) is 89.9 Å². The van der Waals surface area contributed by atoms with E-state index in [0.717, 1.165) is 38.5 Å². The van der Waals surface area contributed by atoms with Gasteiger partial charge in [-0.25, -0.2) is 17.5 Å². The Morgan fingerprint density at radius 3 is 2.23 bits per heavy atom. The second-order valence-corrected chi connectivity index (χ2v) is 20.9. The number of nitrogens with zero attached hydrogens (tertiary/aromatic N) is 2. The summed E-state index contributed by atoms with van der Waals surface area (Å²) < 4.78 is 26.7. The van der Waals surface area contributed by atoms with Crippen LogP contribution in [-0.2, 0) is 29.2 Å². The van der Waals surface area contributed by atoms with Crippen LogP contribution in [0.25, 0.3) is 0 Å². The van der Waals surface area contributed by atoms with Crippen LogP contribution in [0.2, 0.25) is 0 Å². The summed E-state index contributed by atoms with van der Waals surface area (Å²) in [5.74, 6) is 0.0206. The molecular weight excluding hydrogens is 693 g/mol. The summed E-state index contributed by atoms with van der Waals surface area (Å²) in [5.41, 5.74) is -1.11. The summed E-state index contributed by atoms with van der Waals surface area (Å²) in [7, 11) is -2.17. The van der Waals surface area contributed by atoms with E-state index in [1.165, 1.54) is 11.4 Å². The predicted octanol–water partition coefficient (Wildman–Crippen LogP) is 5.82. The Labute approximate surface area is 319 Å². The topological polar surface area (TPSA) is 150 Å². The quantitative estimate of drug-likeness (QED) is 0.108. The normalized spacial score (nSPS) is 23.3. The van der Waals surface area contributed by atoms with E-state index >= 15 is 0 Å². The van der Waals surface area contributed by atoms with Gasteiger partial charge in [0, 0.05) is 51.4 Å². The van der Waals surface area contributed by atoms with E-state index in [0.29, 0.717) is 25.8 Å². The maximum Gasteiger partial charge on any atom is 0.315 e. The summed E-state index contributed by atoms with van der Waals surface area (Å²) in [4.78, 5) is 71.0. The molecule has 3 rings (SSSR count). The van der Waals surface area contributed by atoms with E-state index in [2.05, 4.69) is 23.1 Å². The Kier molecular flexibility index (Phi) is 15.1. The molecule has 0 aromatic carbocycles. The standard InChI is InChI=1S/C41H66N4O7S/c1-11-13-19-28(35(48)31(46)22-14-12-2)25-32(47)34-30-21-18-20-29(30)26-45(34)37(49)36(41(9)23-16-15-17-24-41)43-38(50)42-33(39(3,4)5)27-44(10)53(51,52)40(6,7)8/h1,12,28-30,33-34,36H,2,13-27H2,3-10H3,(H2,42,43,50)/t28?,29-,30-,33+,34-,36+/m0/s1. The van der Waals surface area contributed by atoms with Crippen molar-refractivity contribution in [2.24, 2.45) is 28.6 Å². The van der Waals surface area contributed by atoms with Crippen LogP contribution in [0.1, 0.15) is 132 Å².